The van der Waals surface area contributed by atoms with Gasteiger partial charge in [-0.15, -0.1) is 11.3 Å². The minimum absolute atomic E-state index is 0.113. The first-order valence-electron chi connectivity index (χ1n) is 12.1. The van der Waals surface area contributed by atoms with Crippen LogP contribution in [0.1, 0.15) is 18.7 Å². The van der Waals surface area contributed by atoms with Gasteiger partial charge in [-0.25, -0.2) is 8.42 Å². The Labute approximate surface area is 219 Å². The number of thiophene rings is 1. The van der Waals surface area contributed by atoms with Crippen molar-refractivity contribution in [3.05, 3.63) is 41.6 Å². The Hall–Kier alpha value is -2.84. The molecule has 2 aliphatic heterocycles. The van der Waals surface area contributed by atoms with Gasteiger partial charge in [0.1, 0.15) is 5.75 Å². The normalized spacial score (nSPS) is 18.1. The predicted octanol–water partition coefficient (Wildman–Crippen LogP) is 2.68. The Kier molecular flexibility index (Phi) is 7.86. The molecule has 0 unspecified atom stereocenters. The molecule has 2 saturated heterocycles. The van der Waals surface area contributed by atoms with Crippen LogP contribution in [0.25, 0.3) is 10.7 Å². The zero-order valence-electron chi connectivity index (χ0n) is 20.5. The summed E-state index contributed by atoms with van der Waals surface area (Å²) in [7, 11) is -2.21. The highest BCUT2D eigenvalue weighted by molar-refractivity contribution is 7.89. The van der Waals surface area contributed by atoms with Gasteiger partial charge in [-0.1, -0.05) is 11.2 Å². The summed E-state index contributed by atoms with van der Waals surface area (Å²) in [5, 5.41) is 8.92. The van der Waals surface area contributed by atoms with E-state index in [-0.39, 0.29) is 16.7 Å². The monoisotopic (exact) mass is 547 g/mol. The number of anilines is 1. The van der Waals surface area contributed by atoms with Gasteiger partial charge in [0.2, 0.25) is 27.6 Å². The molecule has 2 fully saturated rings. The first-order chi connectivity index (χ1) is 17.9. The second kappa shape index (κ2) is 11.3. The highest BCUT2D eigenvalue weighted by Gasteiger charge is 2.29. The molecule has 1 N–H and O–H groups in total. The molecule has 2 aromatic heterocycles. The van der Waals surface area contributed by atoms with E-state index >= 15 is 0 Å². The number of hydrogen-bond acceptors (Lipinski definition) is 10. The van der Waals surface area contributed by atoms with Crippen molar-refractivity contribution >= 4 is 33.0 Å². The smallest absolute Gasteiger partial charge is 0.243 e. The van der Waals surface area contributed by atoms with Crippen LogP contribution < -0.4 is 10.1 Å². The van der Waals surface area contributed by atoms with Crippen LogP contribution in [0.5, 0.6) is 5.75 Å². The molecule has 2 aliphatic rings. The Balaban J connectivity index is 1.19. The number of methoxy groups -OCH3 is 1. The first-order valence-corrected chi connectivity index (χ1v) is 14.4. The van der Waals surface area contributed by atoms with Crippen LogP contribution >= 0.6 is 11.3 Å². The quantitative estimate of drug-likeness (QED) is 0.453. The van der Waals surface area contributed by atoms with Crippen molar-refractivity contribution in [2.75, 3.05) is 51.8 Å². The van der Waals surface area contributed by atoms with E-state index in [1.165, 1.54) is 23.5 Å². The van der Waals surface area contributed by atoms with Crippen molar-refractivity contribution in [2.45, 2.75) is 24.3 Å². The van der Waals surface area contributed by atoms with Gasteiger partial charge < -0.3 is 19.3 Å². The van der Waals surface area contributed by atoms with Crippen LogP contribution in [0.3, 0.4) is 0 Å². The van der Waals surface area contributed by atoms with E-state index in [9.17, 15) is 13.2 Å². The molecule has 1 amide bonds. The van der Waals surface area contributed by atoms with Gasteiger partial charge >= 0.3 is 0 Å². The number of aromatic nitrogens is 2. The topological polar surface area (TPSA) is 127 Å². The number of likely N-dealkylation sites (tertiary alicyclic amines) is 1. The molecule has 0 radical (unpaired) electrons. The molecule has 37 heavy (non-hydrogen) atoms. The van der Waals surface area contributed by atoms with Crippen LogP contribution in [-0.2, 0) is 26.1 Å². The lowest BCUT2D eigenvalue weighted by atomic mass is 9.96. The van der Waals surface area contributed by atoms with Gasteiger partial charge in [-0.05, 0) is 55.6 Å². The number of hydrogen-bond donors (Lipinski definition) is 1. The number of morpholine rings is 1. The fourth-order valence-electron chi connectivity index (χ4n) is 4.49. The van der Waals surface area contributed by atoms with Crippen molar-refractivity contribution in [2.24, 2.45) is 5.92 Å². The second-order valence-corrected chi connectivity index (χ2v) is 11.8. The molecular formula is C24H29N5O6S2. The van der Waals surface area contributed by atoms with E-state index in [1.54, 1.807) is 17.4 Å². The van der Waals surface area contributed by atoms with Crippen LogP contribution in [0, 0.1) is 5.92 Å². The number of carbonyl (C=O) groups is 1. The zero-order valence-corrected chi connectivity index (χ0v) is 22.1. The Morgan fingerprint density at radius 1 is 1.19 bits per heavy atom. The molecule has 0 aliphatic carbocycles. The van der Waals surface area contributed by atoms with Crippen molar-refractivity contribution in [1.82, 2.24) is 19.3 Å². The molecular weight excluding hydrogens is 518 g/mol. The summed E-state index contributed by atoms with van der Waals surface area (Å²) < 4.78 is 43.6. The van der Waals surface area contributed by atoms with E-state index in [0.717, 1.165) is 4.88 Å². The summed E-state index contributed by atoms with van der Waals surface area (Å²) in [6.45, 7) is 3.26. The third-order valence-corrected chi connectivity index (χ3v) is 9.32. The number of nitrogens with one attached hydrogen (secondary N) is 1. The summed E-state index contributed by atoms with van der Waals surface area (Å²) in [6.07, 6.45) is 1.32. The number of amides is 1. The summed E-state index contributed by atoms with van der Waals surface area (Å²) in [5.74, 6) is 1.19. The minimum Gasteiger partial charge on any atom is -0.495 e. The molecule has 5 rings (SSSR count). The average Bonchev–Trinajstić information content (AvgIpc) is 3.62. The lowest BCUT2D eigenvalue weighted by Gasteiger charge is -2.30. The number of ether oxygens (including phenoxy) is 2. The molecule has 0 bridgehead atoms. The second-order valence-electron chi connectivity index (χ2n) is 8.91. The van der Waals surface area contributed by atoms with Crippen molar-refractivity contribution in [3.8, 4) is 16.5 Å². The molecule has 13 heteroatoms. The number of benzene rings is 1. The molecule has 198 valence electrons. The molecule has 4 heterocycles. The number of piperidine rings is 1. The first kappa shape index (κ1) is 25.8. The summed E-state index contributed by atoms with van der Waals surface area (Å²) in [5.41, 5.74) is 0.344. The molecule has 3 aromatic rings. The maximum atomic E-state index is 13.1. The molecule has 0 atom stereocenters. The maximum Gasteiger partial charge on any atom is 0.243 e. The molecule has 11 nitrogen and oxygen atoms in total. The van der Waals surface area contributed by atoms with E-state index < -0.39 is 10.0 Å². The Morgan fingerprint density at radius 2 is 1.97 bits per heavy atom. The van der Waals surface area contributed by atoms with Gasteiger partial charge in [0.05, 0.1) is 42.3 Å². The van der Waals surface area contributed by atoms with Gasteiger partial charge in [0, 0.05) is 19.0 Å². The van der Waals surface area contributed by atoms with Crippen LogP contribution in [0.2, 0.25) is 0 Å². The minimum atomic E-state index is -3.70. The van der Waals surface area contributed by atoms with E-state index in [4.69, 9.17) is 14.0 Å². The van der Waals surface area contributed by atoms with Crippen LogP contribution in [0.15, 0.2) is 45.1 Å². The third kappa shape index (κ3) is 5.85. The van der Waals surface area contributed by atoms with E-state index in [2.05, 4.69) is 20.4 Å². The number of nitrogens with zero attached hydrogens (tertiary/aromatic N) is 4. The Bertz CT molecular complexity index is 1310. The molecule has 0 saturated carbocycles. The van der Waals surface area contributed by atoms with Gasteiger partial charge in [-0.2, -0.15) is 9.29 Å². The average molecular weight is 548 g/mol. The predicted molar refractivity (Wildman–Crippen MR) is 137 cm³/mol. The summed E-state index contributed by atoms with van der Waals surface area (Å²) >= 11 is 1.56. The van der Waals surface area contributed by atoms with E-state index in [1.807, 2.05) is 17.5 Å². The number of sulfonamides is 1. The van der Waals surface area contributed by atoms with Crippen LogP contribution in [-0.4, -0.2) is 80.2 Å². The van der Waals surface area contributed by atoms with Crippen molar-refractivity contribution in [3.63, 3.8) is 0 Å². The summed E-state index contributed by atoms with van der Waals surface area (Å²) in [4.78, 5) is 20.8. The largest absolute Gasteiger partial charge is 0.495 e. The van der Waals surface area contributed by atoms with Crippen LogP contribution in [0.4, 0.5) is 5.69 Å². The lowest BCUT2D eigenvalue weighted by molar-refractivity contribution is -0.121. The fourth-order valence-corrected chi connectivity index (χ4v) is 6.57. The number of carbonyl (C=O) groups excluding carboxylic acids is 1. The molecule has 0 spiro atoms. The van der Waals surface area contributed by atoms with E-state index in [0.29, 0.717) is 81.9 Å². The Morgan fingerprint density at radius 3 is 2.68 bits per heavy atom. The van der Waals surface area contributed by atoms with Gasteiger partial charge in [0.15, 0.2) is 0 Å². The highest BCUT2D eigenvalue weighted by atomic mass is 32.2. The number of rotatable bonds is 8. The third-order valence-electron chi connectivity index (χ3n) is 6.56. The summed E-state index contributed by atoms with van der Waals surface area (Å²) in [6, 6.07) is 8.43. The lowest BCUT2D eigenvalue weighted by Crippen LogP contribution is -2.40. The SMILES string of the molecule is COc1ccc(S(=O)(=O)N2CCOCC2)cc1NC(=O)C1CCN(Cc2nc(-c3cccs3)no2)CC1. The maximum absolute atomic E-state index is 13.1. The van der Waals surface area contributed by atoms with Gasteiger partial charge in [0.25, 0.3) is 0 Å². The van der Waals surface area contributed by atoms with Crippen molar-refractivity contribution < 1.29 is 27.2 Å². The van der Waals surface area contributed by atoms with Gasteiger partial charge in [-0.3, -0.25) is 9.69 Å². The standard InChI is InChI=1S/C24H29N5O6S2/c1-33-20-5-4-18(37(31,32)29-10-12-34-13-11-29)15-19(20)25-24(30)17-6-8-28(9-7-17)16-22-26-23(27-35-22)21-3-2-14-36-21/h2-5,14-15,17H,6-13,16H2,1H3,(H,25,30). The zero-order chi connectivity index (χ0) is 25.8. The highest BCUT2D eigenvalue weighted by Crippen LogP contribution is 2.31. The molecule has 1 aromatic carbocycles. The van der Waals surface area contributed by atoms with Crippen molar-refractivity contribution in [1.29, 1.82) is 0 Å². The fraction of sp³-hybridized carbons (Fsp3) is 0.458.